The zero-order chi connectivity index (χ0) is 31.9. The number of hydrogen-bond acceptors (Lipinski definition) is 12. The molecule has 0 spiro atoms. The van der Waals surface area contributed by atoms with Gasteiger partial charge in [0.05, 0.1) is 33.4 Å². The van der Waals surface area contributed by atoms with Crippen LogP contribution in [-0.4, -0.2) is 146 Å². The SMILES string of the molecule is COc1cccc(C2(O)CCCCC2C[N+](C)(C)C2OC(C(=O)O)C(O)C(O)C2OC2OC(C(=O)O)C(O)C(O)C2O)c1. The van der Waals surface area contributed by atoms with Crippen LogP contribution in [0.5, 0.6) is 5.75 Å². The second-order valence-corrected chi connectivity index (χ2v) is 12.2. The van der Waals surface area contributed by atoms with E-state index >= 15 is 0 Å². The van der Waals surface area contributed by atoms with Crippen LogP contribution in [0.4, 0.5) is 0 Å². The van der Waals surface area contributed by atoms with Crippen LogP contribution in [0, 0.1) is 5.92 Å². The zero-order valence-electron chi connectivity index (χ0n) is 24.2. The smallest absolute Gasteiger partial charge is 0.335 e. The summed E-state index contributed by atoms with van der Waals surface area (Å²) in [6.07, 6.45) is -16.1. The summed E-state index contributed by atoms with van der Waals surface area (Å²) in [5.41, 5.74) is -0.659. The van der Waals surface area contributed by atoms with Crippen molar-refractivity contribution in [3.63, 3.8) is 0 Å². The molecule has 1 saturated carbocycles. The molecule has 2 aliphatic heterocycles. The van der Waals surface area contributed by atoms with Crippen LogP contribution < -0.4 is 4.74 Å². The summed E-state index contributed by atoms with van der Waals surface area (Å²) in [7, 11) is 4.83. The van der Waals surface area contributed by atoms with Crippen molar-refractivity contribution in [2.45, 2.75) is 92.6 Å². The standard InChI is InChI=1S/C28H41NO14/c1-29(2,12-14-7-4-5-10-28(14,39)13-8-6-9-15(11-13)40-3)24-21(18(32)19(33)22(41-24)25(35)36)42-27-20(34)16(30)17(31)23(43-27)26(37)38/h6,8-9,11,14,16-24,27,30-34,39H,4-5,7,10,12H2,1-3H3,(H-,35,36,37,38)/p+1. The fraction of sp³-hybridized carbons (Fsp3) is 0.714. The van der Waals surface area contributed by atoms with Gasteiger partial charge in [-0.05, 0) is 30.5 Å². The first-order chi connectivity index (χ1) is 20.1. The number of methoxy groups -OCH3 is 1. The van der Waals surface area contributed by atoms with Crippen molar-refractivity contribution in [1.82, 2.24) is 0 Å². The normalized spacial score (nSPS) is 40.5. The van der Waals surface area contributed by atoms with Crippen molar-refractivity contribution in [1.29, 1.82) is 0 Å². The van der Waals surface area contributed by atoms with Crippen LogP contribution in [-0.2, 0) is 29.4 Å². The molecule has 4 rings (SSSR count). The van der Waals surface area contributed by atoms with Crippen LogP contribution in [0.15, 0.2) is 24.3 Å². The van der Waals surface area contributed by atoms with Gasteiger partial charge >= 0.3 is 11.9 Å². The van der Waals surface area contributed by atoms with E-state index in [0.29, 0.717) is 24.2 Å². The van der Waals surface area contributed by atoms with Gasteiger partial charge in [0.25, 0.3) is 0 Å². The van der Waals surface area contributed by atoms with E-state index in [-0.39, 0.29) is 11.0 Å². The molecule has 43 heavy (non-hydrogen) atoms. The largest absolute Gasteiger partial charge is 0.497 e. The van der Waals surface area contributed by atoms with Gasteiger partial charge in [-0.2, -0.15) is 0 Å². The molecule has 1 aromatic carbocycles. The second kappa shape index (κ2) is 12.9. The van der Waals surface area contributed by atoms with Crippen LogP contribution in [0.2, 0.25) is 0 Å². The van der Waals surface area contributed by atoms with Crippen molar-refractivity contribution in [2.24, 2.45) is 5.92 Å². The quantitative estimate of drug-likeness (QED) is 0.140. The maximum absolute atomic E-state index is 12.0. The summed E-state index contributed by atoms with van der Waals surface area (Å²) in [5.74, 6) is -3.04. The van der Waals surface area contributed by atoms with E-state index in [1.54, 1.807) is 38.4 Å². The monoisotopic (exact) mass is 616 g/mol. The number of carbonyl (C=O) groups is 2. The number of benzene rings is 1. The number of ether oxygens (including phenoxy) is 4. The van der Waals surface area contributed by atoms with Crippen LogP contribution in [0.25, 0.3) is 0 Å². The Morgan fingerprint density at radius 2 is 1.56 bits per heavy atom. The van der Waals surface area contributed by atoms with Gasteiger partial charge in [-0.3, -0.25) is 0 Å². The molecule has 8 N–H and O–H groups in total. The zero-order valence-corrected chi connectivity index (χ0v) is 24.2. The highest BCUT2D eigenvalue weighted by Gasteiger charge is 2.58. The lowest BCUT2D eigenvalue weighted by Gasteiger charge is -2.51. The Morgan fingerprint density at radius 3 is 2.19 bits per heavy atom. The Hall–Kier alpha value is -2.44. The number of likely N-dealkylation sites (N-methyl/N-ethyl adjacent to an activating group) is 1. The van der Waals surface area contributed by atoms with Crippen molar-refractivity contribution in [3.8, 4) is 5.75 Å². The highest BCUT2D eigenvalue weighted by atomic mass is 16.7. The third-order valence-corrected chi connectivity index (χ3v) is 8.90. The van der Waals surface area contributed by atoms with Crippen LogP contribution in [0.3, 0.4) is 0 Å². The average Bonchev–Trinajstić information content (AvgIpc) is 2.96. The molecule has 1 aromatic rings. The number of rotatable bonds is 9. The van der Waals surface area contributed by atoms with E-state index in [4.69, 9.17) is 18.9 Å². The van der Waals surface area contributed by atoms with Crippen molar-refractivity contribution in [3.05, 3.63) is 29.8 Å². The minimum absolute atomic E-state index is 0.167. The number of quaternary nitrogens is 1. The van der Waals surface area contributed by atoms with Gasteiger partial charge in [0.2, 0.25) is 6.23 Å². The molecule has 12 atom stereocenters. The van der Waals surface area contributed by atoms with Gasteiger partial charge < -0.3 is 64.3 Å². The van der Waals surface area contributed by atoms with E-state index in [0.717, 1.165) is 12.8 Å². The van der Waals surface area contributed by atoms with Crippen LogP contribution in [0.1, 0.15) is 31.2 Å². The summed E-state index contributed by atoms with van der Waals surface area (Å²) in [6.45, 7) is 0.167. The molecule has 0 bridgehead atoms. The molecule has 2 saturated heterocycles. The summed E-state index contributed by atoms with van der Waals surface area (Å²) in [5, 5.41) is 83.7. The van der Waals surface area contributed by atoms with Crippen molar-refractivity contribution >= 4 is 11.9 Å². The van der Waals surface area contributed by atoms with Gasteiger partial charge in [-0.25, -0.2) is 9.59 Å². The summed E-state index contributed by atoms with van der Waals surface area (Å²) < 4.78 is 22.0. The fourth-order valence-corrected chi connectivity index (χ4v) is 6.50. The number of nitrogens with zero attached hydrogens (tertiary/aromatic N) is 1. The molecule has 15 heteroatoms. The lowest BCUT2D eigenvalue weighted by atomic mass is 9.71. The Balaban J connectivity index is 1.67. The molecule has 12 unspecified atom stereocenters. The van der Waals surface area contributed by atoms with Crippen LogP contribution >= 0.6 is 0 Å². The Bertz CT molecular complexity index is 1150. The highest BCUT2D eigenvalue weighted by molar-refractivity contribution is 5.73. The molecule has 15 nitrogen and oxygen atoms in total. The van der Waals surface area contributed by atoms with E-state index < -0.39 is 84.8 Å². The van der Waals surface area contributed by atoms with E-state index in [9.17, 15) is 50.4 Å². The fourth-order valence-electron chi connectivity index (χ4n) is 6.50. The molecule has 0 amide bonds. The predicted octanol–water partition coefficient (Wildman–Crippen LogP) is -2.04. The minimum atomic E-state index is -2.00. The maximum Gasteiger partial charge on any atom is 0.335 e. The van der Waals surface area contributed by atoms with E-state index in [2.05, 4.69) is 0 Å². The second-order valence-electron chi connectivity index (χ2n) is 12.2. The number of carboxylic acid groups (broad SMARTS) is 2. The molecule has 3 fully saturated rings. The van der Waals surface area contributed by atoms with E-state index in [1.807, 2.05) is 0 Å². The lowest BCUT2D eigenvalue weighted by molar-refractivity contribution is -0.948. The molecular weight excluding hydrogens is 574 g/mol. The number of hydrogen-bond donors (Lipinski definition) is 8. The number of aliphatic hydroxyl groups is 6. The summed E-state index contributed by atoms with van der Waals surface area (Å²) in [4.78, 5) is 23.6. The first-order valence-corrected chi connectivity index (χ1v) is 14.1. The molecule has 2 heterocycles. The minimum Gasteiger partial charge on any atom is -0.497 e. The topological polar surface area (TPSA) is 233 Å². The van der Waals surface area contributed by atoms with E-state index in [1.165, 1.54) is 7.11 Å². The molecule has 242 valence electrons. The average molecular weight is 617 g/mol. The molecular formula is C28H42NO14+. The third-order valence-electron chi connectivity index (χ3n) is 8.90. The third kappa shape index (κ3) is 6.51. The van der Waals surface area contributed by atoms with Gasteiger partial charge in [-0.15, -0.1) is 0 Å². The molecule has 3 aliphatic rings. The number of carboxylic acids is 2. The summed E-state index contributed by atoms with van der Waals surface area (Å²) in [6, 6.07) is 7.08. The Morgan fingerprint density at radius 1 is 0.930 bits per heavy atom. The van der Waals surface area contributed by atoms with Gasteiger partial charge in [0.15, 0.2) is 24.6 Å². The first-order valence-electron chi connectivity index (χ1n) is 14.1. The predicted molar refractivity (Wildman–Crippen MR) is 143 cm³/mol. The number of aliphatic hydroxyl groups excluding tert-OH is 5. The molecule has 1 aliphatic carbocycles. The van der Waals surface area contributed by atoms with Crippen molar-refractivity contribution < 1.29 is 73.9 Å². The van der Waals surface area contributed by atoms with Gasteiger partial charge in [0, 0.05) is 5.92 Å². The lowest BCUT2D eigenvalue weighted by Crippen LogP contribution is -2.71. The molecule has 0 radical (unpaired) electrons. The first kappa shape index (κ1) is 33.5. The van der Waals surface area contributed by atoms with Gasteiger partial charge in [0.1, 0.15) is 36.3 Å². The Kier molecular flexibility index (Phi) is 10.0. The maximum atomic E-state index is 12.0. The number of aliphatic carboxylic acids is 2. The van der Waals surface area contributed by atoms with Crippen molar-refractivity contribution in [2.75, 3.05) is 27.7 Å². The summed E-state index contributed by atoms with van der Waals surface area (Å²) >= 11 is 0. The Labute approximate surface area is 248 Å². The molecule has 0 aromatic heterocycles. The highest BCUT2D eigenvalue weighted by Crippen LogP contribution is 2.44. The van der Waals surface area contributed by atoms with Gasteiger partial charge in [-0.1, -0.05) is 25.0 Å².